The second-order valence-electron chi connectivity index (χ2n) is 4.71. The molecule has 4 aromatic rings. The van der Waals surface area contributed by atoms with Crippen molar-refractivity contribution in [3.05, 3.63) is 54.4 Å². The Morgan fingerprint density at radius 1 is 1.10 bits per heavy atom. The number of nitrogens with zero attached hydrogens (tertiary/aromatic N) is 6. The Balaban J connectivity index is 1.84. The van der Waals surface area contributed by atoms with Gasteiger partial charge in [0.1, 0.15) is 12.9 Å². The van der Waals surface area contributed by atoms with Gasteiger partial charge in [0.2, 0.25) is 0 Å². The van der Waals surface area contributed by atoms with Crippen LogP contribution in [0.4, 0.5) is 0 Å². The predicted molar refractivity (Wildman–Crippen MR) is 74.4 cm³/mol. The molecule has 3 heterocycles. The Bertz CT molecular complexity index is 904. The summed E-state index contributed by atoms with van der Waals surface area (Å²) in [6.45, 7) is 2.52. The maximum absolute atomic E-state index is 4.60. The lowest BCUT2D eigenvalue weighted by Crippen LogP contribution is -2.02. The lowest BCUT2D eigenvalue weighted by Gasteiger charge is -1.96. The van der Waals surface area contributed by atoms with Crippen molar-refractivity contribution in [3.63, 3.8) is 0 Å². The van der Waals surface area contributed by atoms with Gasteiger partial charge in [-0.15, -0.1) is 5.10 Å². The van der Waals surface area contributed by atoms with Gasteiger partial charge in [-0.05, 0) is 25.1 Å². The van der Waals surface area contributed by atoms with Gasteiger partial charge in [0.05, 0.1) is 11.2 Å². The molecule has 0 spiro atoms. The maximum Gasteiger partial charge on any atom is 0.173 e. The third-order valence-electron chi connectivity index (χ3n) is 3.20. The molecule has 4 rings (SSSR count). The molecule has 0 fully saturated rings. The molecule has 0 aliphatic rings. The highest BCUT2D eigenvalue weighted by molar-refractivity contribution is 5.90. The lowest BCUT2D eigenvalue weighted by atomic mass is 10.2. The fourth-order valence-corrected chi connectivity index (χ4v) is 2.29. The van der Waals surface area contributed by atoms with Crippen molar-refractivity contribution in [2.45, 2.75) is 13.5 Å². The molecule has 6 heteroatoms. The van der Waals surface area contributed by atoms with Crippen molar-refractivity contribution in [2.75, 3.05) is 0 Å². The molecule has 0 radical (unpaired) electrons. The summed E-state index contributed by atoms with van der Waals surface area (Å²) in [6.07, 6.45) is 3.62. The summed E-state index contributed by atoms with van der Waals surface area (Å²) in [5.41, 5.74) is 2.74. The van der Waals surface area contributed by atoms with Crippen molar-refractivity contribution < 1.29 is 0 Å². The van der Waals surface area contributed by atoms with E-state index in [2.05, 4.69) is 20.2 Å². The van der Waals surface area contributed by atoms with Gasteiger partial charge >= 0.3 is 0 Å². The molecule has 0 N–H and O–H groups in total. The number of rotatable bonds is 2. The van der Waals surface area contributed by atoms with Gasteiger partial charge in [0.25, 0.3) is 0 Å². The van der Waals surface area contributed by atoms with E-state index in [9.17, 15) is 0 Å². The minimum Gasteiger partial charge on any atom is -0.265 e. The van der Waals surface area contributed by atoms with Gasteiger partial charge in [-0.2, -0.15) is 5.10 Å². The lowest BCUT2D eigenvalue weighted by molar-refractivity contribution is 0.648. The van der Waals surface area contributed by atoms with E-state index in [1.54, 1.807) is 10.8 Å². The first kappa shape index (κ1) is 11.1. The van der Waals surface area contributed by atoms with E-state index < -0.39 is 0 Å². The minimum atomic E-state index is 0.559. The van der Waals surface area contributed by atoms with Crippen LogP contribution in [-0.2, 0) is 6.54 Å². The third-order valence-corrected chi connectivity index (χ3v) is 3.20. The molecule has 0 unspecified atom stereocenters. The van der Waals surface area contributed by atoms with Crippen LogP contribution < -0.4 is 0 Å². The van der Waals surface area contributed by atoms with Gasteiger partial charge in [0.15, 0.2) is 11.5 Å². The number of para-hydroxylation sites is 1. The van der Waals surface area contributed by atoms with E-state index in [1.165, 1.54) is 0 Å². The molecular formula is C14H12N6. The average molecular weight is 264 g/mol. The van der Waals surface area contributed by atoms with E-state index >= 15 is 0 Å². The number of hydrogen-bond donors (Lipinski definition) is 0. The second-order valence-corrected chi connectivity index (χ2v) is 4.71. The molecule has 0 bridgehead atoms. The highest BCUT2D eigenvalue weighted by Gasteiger charge is 2.08. The topological polar surface area (TPSA) is 60.9 Å². The van der Waals surface area contributed by atoms with Crippen LogP contribution in [0.25, 0.3) is 16.6 Å². The molecule has 0 saturated heterocycles. The third kappa shape index (κ3) is 1.73. The zero-order chi connectivity index (χ0) is 13.5. The molecule has 6 nitrogen and oxygen atoms in total. The van der Waals surface area contributed by atoms with Gasteiger partial charge in [-0.25, -0.2) is 14.5 Å². The van der Waals surface area contributed by atoms with Crippen LogP contribution in [0.1, 0.15) is 11.5 Å². The largest absolute Gasteiger partial charge is 0.265 e. The smallest absolute Gasteiger partial charge is 0.173 e. The number of fused-ring (bicyclic) bond motifs is 3. The summed E-state index contributed by atoms with van der Waals surface area (Å²) in [5, 5.41) is 9.80. The highest BCUT2D eigenvalue weighted by Crippen LogP contribution is 2.15. The summed E-state index contributed by atoms with van der Waals surface area (Å²) in [4.78, 5) is 8.97. The minimum absolute atomic E-state index is 0.559. The average Bonchev–Trinajstić information content (AvgIpc) is 3.05. The van der Waals surface area contributed by atoms with E-state index in [4.69, 9.17) is 0 Å². The molecule has 0 aliphatic carbocycles. The Labute approximate surface area is 114 Å². The highest BCUT2D eigenvalue weighted by atomic mass is 15.3. The molecule has 0 atom stereocenters. The fraction of sp³-hybridized carbons (Fsp3) is 0.143. The first-order chi connectivity index (χ1) is 9.79. The molecule has 0 aliphatic heterocycles. The maximum atomic E-state index is 4.60. The van der Waals surface area contributed by atoms with E-state index in [1.807, 2.05) is 48.1 Å². The van der Waals surface area contributed by atoms with Gasteiger partial charge < -0.3 is 0 Å². The predicted octanol–water partition coefficient (Wildman–Crippen LogP) is 1.83. The number of aromatic nitrogens is 6. The first-order valence-corrected chi connectivity index (χ1v) is 6.39. The van der Waals surface area contributed by atoms with Crippen LogP contribution in [0, 0.1) is 6.92 Å². The van der Waals surface area contributed by atoms with Crippen LogP contribution in [0.2, 0.25) is 0 Å². The summed E-state index contributed by atoms with van der Waals surface area (Å²) in [7, 11) is 0. The molecule has 0 saturated carbocycles. The zero-order valence-electron chi connectivity index (χ0n) is 10.9. The van der Waals surface area contributed by atoms with Crippen LogP contribution >= 0.6 is 0 Å². The van der Waals surface area contributed by atoms with Crippen LogP contribution in [0.15, 0.2) is 42.9 Å². The van der Waals surface area contributed by atoms with Gasteiger partial charge in [-0.1, -0.05) is 12.1 Å². The molecule has 20 heavy (non-hydrogen) atoms. The Hall–Kier alpha value is -2.76. The monoisotopic (exact) mass is 264 g/mol. The number of hydrogen-bond acceptors (Lipinski definition) is 4. The van der Waals surface area contributed by atoms with Crippen LogP contribution in [0.5, 0.6) is 0 Å². The Morgan fingerprint density at radius 2 is 2.00 bits per heavy atom. The van der Waals surface area contributed by atoms with Gasteiger partial charge in [-0.3, -0.25) is 4.68 Å². The van der Waals surface area contributed by atoms with Crippen molar-refractivity contribution in [1.82, 2.24) is 29.4 Å². The Morgan fingerprint density at radius 3 is 2.85 bits per heavy atom. The molecular weight excluding hydrogens is 252 g/mol. The fourth-order valence-electron chi connectivity index (χ4n) is 2.29. The number of benzene rings is 1. The van der Waals surface area contributed by atoms with Crippen LogP contribution in [0.3, 0.4) is 0 Å². The summed E-state index contributed by atoms with van der Waals surface area (Å²) in [5.74, 6) is 0.728. The SMILES string of the molecule is Cc1ccn(Cc2nc3c4ccccc4ncn3n2)n1. The molecule has 98 valence electrons. The summed E-state index contributed by atoms with van der Waals surface area (Å²) in [6, 6.07) is 9.90. The molecule has 0 amide bonds. The normalized spacial score (nSPS) is 11.4. The van der Waals surface area contributed by atoms with E-state index in [0.717, 1.165) is 28.1 Å². The van der Waals surface area contributed by atoms with Crippen LogP contribution in [-0.4, -0.2) is 29.4 Å². The zero-order valence-corrected chi connectivity index (χ0v) is 10.9. The summed E-state index contributed by atoms with van der Waals surface area (Å²) < 4.78 is 3.55. The quantitative estimate of drug-likeness (QED) is 0.554. The Kier molecular flexibility index (Phi) is 2.29. The number of aryl methyl sites for hydroxylation is 1. The van der Waals surface area contributed by atoms with Crippen molar-refractivity contribution in [2.24, 2.45) is 0 Å². The van der Waals surface area contributed by atoms with Crippen molar-refractivity contribution in [3.8, 4) is 0 Å². The first-order valence-electron chi connectivity index (χ1n) is 6.39. The van der Waals surface area contributed by atoms with E-state index in [-0.39, 0.29) is 0 Å². The molecule has 1 aromatic carbocycles. The second kappa shape index (κ2) is 4.12. The summed E-state index contributed by atoms with van der Waals surface area (Å²) >= 11 is 0. The van der Waals surface area contributed by atoms with Crippen molar-refractivity contribution >= 4 is 16.6 Å². The van der Waals surface area contributed by atoms with Crippen molar-refractivity contribution in [1.29, 1.82) is 0 Å². The van der Waals surface area contributed by atoms with E-state index in [0.29, 0.717) is 6.54 Å². The van der Waals surface area contributed by atoms with Gasteiger partial charge in [0, 0.05) is 11.6 Å². The molecule has 3 aromatic heterocycles. The standard InChI is InChI=1S/C14H12N6/c1-10-6-7-19(17-10)8-13-16-14-11-4-2-3-5-12(11)15-9-20(14)18-13/h2-7,9H,8H2,1H3.